The number of nitrogens with two attached hydrogens (primary N) is 1. The molecule has 0 spiro atoms. The van der Waals surface area contributed by atoms with Crippen molar-refractivity contribution in [1.82, 2.24) is 5.32 Å². The lowest BCUT2D eigenvalue weighted by Gasteiger charge is -2.14. The van der Waals surface area contributed by atoms with Gasteiger partial charge in [0.25, 0.3) is 5.91 Å². The fourth-order valence-electron chi connectivity index (χ4n) is 1.20. The van der Waals surface area contributed by atoms with Crippen LogP contribution in [0, 0.1) is 0 Å². The Hall–Kier alpha value is -1.76. The van der Waals surface area contributed by atoms with E-state index >= 15 is 0 Å². The van der Waals surface area contributed by atoms with Crippen molar-refractivity contribution in [3.8, 4) is 5.75 Å². The Balaban J connectivity index is 2.88. The molecule has 0 bridgehead atoms. The van der Waals surface area contributed by atoms with Gasteiger partial charge in [-0.05, 0) is 19.1 Å². The number of nitrogens with one attached hydrogen (secondary N) is 1. The minimum absolute atomic E-state index is 0.000833. The summed E-state index contributed by atoms with van der Waals surface area (Å²) in [7, 11) is 0. The van der Waals surface area contributed by atoms with Crippen LogP contribution in [0.2, 0.25) is 0 Å². The van der Waals surface area contributed by atoms with E-state index in [2.05, 4.69) is 10.1 Å². The average Bonchev–Trinajstić information content (AvgIpc) is 2.28. The van der Waals surface area contributed by atoms with Crippen molar-refractivity contribution in [3.05, 3.63) is 29.8 Å². The number of carbonyl (C=O) groups excluding carboxylic acids is 1. The molecular formula is C11H12F2N2O2S. The molecule has 1 aromatic carbocycles. The van der Waals surface area contributed by atoms with Gasteiger partial charge in [-0.25, -0.2) is 0 Å². The van der Waals surface area contributed by atoms with Crippen LogP contribution in [0.15, 0.2) is 24.3 Å². The van der Waals surface area contributed by atoms with Gasteiger partial charge in [-0.15, -0.1) is 0 Å². The highest BCUT2D eigenvalue weighted by Crippen LogP contribution is 2.20. The first-order chi connectivity index (χ1) is 8.41. The molecular weight excluding hydrogens is 262 g/mol. The Morgan fingerprint density at radius 1 is 1.44 bits per heavy atom. The molecule has 1 unspecified atom stereocenters. The summed E-state index contributed by atoms with van der Waals surface area (Å²) in [6.45, 7) is -1.40. The molecule has 7 heteroatoms. The predicted octanol–water partition coefficient (Wildman–Crippen LogP) is 1.69. The zero-order chi connectivity index (χ0) is 13.7. The highest BCUT2D eigenvalue weighted by Gasteiger charge is 2.17. The van der Waals surface area contributed by atoms with E-state index in [0.717, 1.165) is 0 Å². The lowest BCUT2D eigenvalue weighted by molar-refractivity contribution is -0.0501. The number of halogens is 2. The molecule has 0 aliphatic carbocycles. The number of ether oxygens (including phenoxy) is 1. The monoisotopic (exact) mass is 274 g/mol. The van der Waals surface area contributed by atoms with Crippen LogP contribution < -0.4 is 15.8 Å². The summed E-state index contributed by atoms with van der Waals surface area (Å²) < 4.78 is 28.6. The van der Waals surface area contributed by atoms with Crippen molar-refractivity contribution >= 4 is 23.1 Å². The van der Waals surface area contributed by atoms with E-state index in [1.807, 2.05) is 0 Å². The van der Waals surface area contributed by atoms with Crippen LogP contribution in [0.1, 0.15) is 17.3 Å². The molecule has 1 aromatic rings. The van der Waals surface area contributed by atoms with E-state index in [-0.39, 0.29) is 16.3 Å². The first-order valence-corrected chi connectivity index (χ1v) is 5.46. The van der Waals surface area contributed by atoms with E-state index < -0.39 is 18.6 Å². The smallest absolute Gasteiger partial charge is 0.387 e. The summed E-state index contributed by atoms with van der Waals surface area (Å²) in [5.41, 5.74) is 5.35. The van der Waals surface area contributed by atoms with Crippen molar-refractivity contribution in [2.24, 2.45) is 5.73 Å². The van der Waals surface area contributed by atoms with Gasteiger partial charge in [0.1, 0.15) is 5.75 Å². The zero-order valence-electron chi connectivity index (χ0n) is 9.52. The number of hydrogen-bond donors (Lipinski definition) is 2. The third-order valence-electron chi connectivity index (χ3n) is 2.12. The van der Waals surface area contributed by atoms with Gasteiger partial charge in [0.2, 0.25) is 0 Å². The molecule has 0 saturated heterocycles. The third kappa shape index (κ3) is 3.92. The highest BCUT2D eigenvalue weighted by molar-refractivity contribution is 7.80. The fraction of sp³-hybridized carbons (Fsp3) is 0.273. The molecule has 98 valence electrons. The Morgan fingerprint density at radius 3 is 2.61 bits per heavy atom. The molecule has 18 heavy (non-hydrogen) atoms. The quantitative estimate of drug-likeness (QED) is 0.802. The van der Waals surface area contributed by atoms with Crippen LogP contribution in [0.25, 0.3) is 0 Å². The topological polar surface area (TPSA) is 64.3 Å². The number of benzene rings is 1. The van der Waals surface area contributed by atoms with Gasteiger partial charge >= 0.3 is 6.61 Å². The fourth-order valence-corrected chi connectivity index (χ4v) is 1.26. The summed E-state index contributed by atoms with van der Waals surface area (Å²) in [4.78, 5) is 11.9. The molecule has 0 aromatic heterocycles. The van der Waals surface area contributed by atoms with Crippen molar-refractivity contribution < 1.29 is 18.3 Å². The second-order valence-electron chi connectivity index (χ2n) is 3.47. The number of amides is 1. The van der Waals surface area contributed by atoms with Crippen LogP contribution in [0.4, 0.5) is 8.78 Å². The average molecular weight is 274 g/mol. The molecule has 0 heterocycles. The number of hydrogen-bond acceptors (Lipinski definition) is 3. The molecule has 0 saturated carbocycles. The maximum absolute atomic E-state index is 12.2. The van der Waals surface area contributed by atoms with E-state index in [4.69, 9.17) is 18.0 Å². The van der Waals surface area contributed by atoms with E-state index in [1.165, 1.54) is 18.2 Å². The second kappa shape index (κ2) is 6.25. The van der Waals surface area contributed by atoms with E-state index in [9.17, 15) is 13.6 Å². The number of rotatable bonds is 5. The van der Waals surface area contributed by atoms with Crippen molar-refractivity contribution in [1.29, 1.82) is 0 Å². The Kier molecular flexibility index (Phi) is 4.96. The summed E-state index contributed by atoms with van der Waals surface area (Å²) in [5, 5.41) is 2.48. The van der Waals surface area contributed by atoms with Crippen LogP contribution in [-0.4, -0.2) is 23.5 Å². The van der Waals surface area contributed by atoms with Crippen LogP contribution in [0.5, 0.6) is 5.75 Å². The summed E-state index contributed by atoms with van der Waals surface area (Å²) in [6, 6.07) is 5.16. The van der Waals surface area contributed by atoms with Gasteiger partial charge in [0, 0.05) is 0 Å². The van der Waals surface area contributed by atoms with Gasteiger partial charge < -0.3 is 15.8 Å². The number of thiocarbonyl (C=S) groups is 1. The standard InChI is InChI=1S/C11H12F2N2O2S/c1-6(9(14)18)15-10(16)7-4-2-3-5-8(7)17-11(12)13/h2-6,11H,1H3,(H2,14,18)(H,15,16). The molecule has 4 nitrogen and oxygen atoms in total. The first kappa shape index (κ1) is 14.3. The molecule has 0 aliphatic heterocycles. The molecule has 1 atom stereocenters. The Bertz CT molecular complexity index is 454. The number of alkyl halides is 2. The van der Waals surface area contributed by atoms with Crippen LogP contribution in [-0.2, 0) is 0 Å². The molecule has 1 rings (SSSR count). The Morgan fingerprint density at radius 2 is 2.06 bits per heavy atom. The third-order valence-corrected chi connectivity index (χ3v) is 2.48. The van der Waals surface area contributed by atoms with Gasteiger partial charge in [-0.1, -0.05) is 24.4 Å². The maximum Gasteiger partial charge on any atom is 0.387 e. The highest BCUT2D eigenvalue weighted by atomic mass is 32.1. The lowest BCUT2D eigenvalue weighted by atomic mass is 10.1. The maximum atomic E-state index is 12.2. The summed E-state index contributed by atoms with van der Waals surface area (Å²) in [6.07, 6.45) is 0. The SMILES string of the molecule is CC(NC(=O)c1ccccc1OC(F)F)C(N)=S. The number of carbonyl (C=O) groups is 1. The molecule has 0 fully saturated rings. The largest absolute Gasteiger partial charge is 0.434 e. The zero-order valence-corrected chi connectivity index (χ0v) is 10.3. The van der Waals surface area contributed by atoms with E-state index in [1.54, 1.807) is 13.0 Å². The summed E-state index contributed by atoms with van der Waals surface area (Å²) in [5.74, 6) is -0.772. The van der Waals surface area contributed by atoms with Crippen molar-refractivity contribution in [2.75, 3.05) is 0 Å². The minimum atomic E-state index is -2.99. The lowest BCUT2D eigenvalue weighted by Crippen LogP contribution is -2.41. The molecule has 3 N–H and O–H groups in total. The second-order valence-corrected chi connectivity index (χ2v) is 3.94. The molecule has 0 radical (unpaired) electrons. The predicted molar refractivity (Wildman–Crippen MR) is 66.8 cm³/mol. The number of para-hydroxylation sites is 1. The van der Waals surface area contributed by atoms with Gasteiger partial charge in [0.05, 0.1) is 16.6 Å². The van der Waals surface area contributed by atoms with Crippen molar-refractivity contribution in [2.45, 2.75) is 19.6 Å². The molecule has 0 aliphatic rings. The van der Waals surface area contributed by atoms with Crippen LogP contribution in [0.3, 0.4) is 0 Å². The minimum Gasteiger partial charge on any atom is -0.434 e. The Labute approximate surface area is 108 Å². The van der Waals surface area contributed by atoms with Gasteiger partial charge in [-0.3, -0.25) is 4.79 Å². The first-order valence-electron chi connectivity index (χ1n) is 5.06. The van der Waals surface area contributed by atoms with Gasteiger partial charge in [0.15, 0.2) is 0 Å². The van der Waals surface area contributed by atoms with Crippen molar-refractivity contribution in [3.63, 3.8) is 0 Å². The van der Waals surface area contributed by atoms with Gasteiger partial charge in [-0.2, -0.15) is 8.78 Å². The normalized spacial score (nSPS) is 12.0. The summed E-state index contributed by atoms with van der Waals surface area (Å²) >= 11 is 4.70. The molecule has 1 amide bonds. The van der Waals surface area contributed by atoms with Crippen LogP contribution >= 0.6 is 12.2 Å². The van der Waals surface area contributed by atoms with E-state index in [0.29, 0.717) is 0 Å².